The van der Waals surface area contributed by atoms with Crippen LogP contribution in [0.4, 0.5) is 0 Å². The average Bonchev–Trinajstić information content (AvgIpc) is 3.12. The molecule has 2 heteroatoms. The number of hydrogen-bond donors (Lipinski definition) is 0. The Labute approximate surface area is 317 Å². The Balaban J connectivity index is 3.99. The van der Waals surface area contributed by atoms with E-state index in [1.807, 2.05) is 0 Å². The zero-order valence-corrected chi connectivity index (χ0v) is 35.3. The zero-order chi connectivity index (χ0) is 36.3. The summed E-state index contributed by atoms with van der Waals surface area (Å²) < 4.78 is 5.87. The lowest BCUT2D eigenvalue weighted by molar-refractivity contribution is -0.149. The van der Waals surface area contributed by atoms with Crippen LogP contribution in [0.1, 0.15) is 290 Å². The van der Waals surface area contributed by atoms with Crippen molar-refractivity contribution in [2.24, 2.45) is 5.92 Å². The molecule has 0 aromatic heterocycles. The fourth-order valence-corrected chi connectivity index (χ4v) is 7.78. The largest absolute Gasteiger partial charge is 0.465 e. The van der Waals surface area contributed by atoms with Gasteiger partial charge in [0.25, 0.3) is 0 Å². The Morgan fingerprint density at radius 2 is 0.500 bits per heavy atom. The van der Waals surface area contributed by atoms with E-state index < -0.39 is 0 Å². The van der Waals surface area contributed by atoms with Crippen molar-refractivity contribution < 1.29 is 9.53 Å². The molecule has 0 rings (SSSR count). The first kappa shape index (κ1) is 49.5. The van der Waals surface area contributed by atoms with Gasteiger partial charge in [-0.25, -0.2) is 0 Å². The Hall–Kier alpha value is -0.530. The third-order valence-electron chi connectivity index (χ3n) is 11.4. The van der Waals surface area contributed by atoms with Gasteiger partial charge in [0.2, 0.25) is 0 Å². The van der Waals surface area contributed by atoms with Crippen LogP contribution in [0.2, 0.25) is 0 Å². The van der Waals surface area contributed by atoms with E-state index >= 15 is 0 Å². The van der Waals surface area contributed by atoms with E-state index in [2.05, 4.69) is 20.8 Å². The maximum Gasteiger partial charge on any atom is 0.308 e. The molecule has 0 fully saturated rings. The van der Waals surface area contributed by atoms with Gasteiger partial charge in [0, 0.05) is 0 Å². The van der Waals surface area contributed by atoms with Crippen molar-refractivity contribution in [1.29, 1.82) is 0 Å². The summed E-state index contributed by atoms with van der Waals surface area (Å²) in [5.41, 5.74) is 0. The van der Waals surface area contributed by atoms with E-state index in [1.165, 1.54) is 250 Å². The molecule has 0 bridgehead atoms. The molecule has 0 aliphatic heterocycles. The molecule has 0 saturated carbocycles. The molecule has 0 spiro atoms. The van der Waals surface area contributed by atoms with E-state index in [0.717, 1.165) is 19.3 Å². The van der Waals surface area contributed by atoms with Crippen LogP contribution >= 0.6 is 0 Å². The number of unbranched alkanes of at least 4 members (excludes halogenated alkanes) is 37. The molecule has 2 nitrogen and oxygen atoms in total. The van der Waals surface area contributed by atoms with Gasteiger partial charge in [-0.15, -0.1) is 0 Å². The van der Waals surface area contributed by atoms with E-state index in [1.54, 1.807) is 0 Å². The smallest absolute Gasteiger partial charge is 0.308 e. The Kier molecular flexibility index (Phi) is 44.2. The number of carbonyl (C=O) groups excluding carboxylic acids is 1. The van der Waals surface area contributed by atoms with E-state index in [9.17, 15) is 4.79 Å². The second kappa shape index (κ2) is 44.6. The summed E-state index contributed by atoms with van der Waals surface area (Å²) >= 11 is 0. The molecule has 0 N–H and O–H groups in total. The van der Waals surface area contributed by atoms with Gasteiger partial charge < -0.3 is 4.74 Å². The van der Waals surface area contributed by atoms with Crippen LogP contribution < -0.4 is 0 Å². The lowest BCUT2D eigenvalue weighted by atomic mass is 9.94. The van der Waals surface area contributed by atoms with Gasteiger partial charge in [-0.05, 0) is 19.3 Å². The molecule has 0 aromatic carbocycles. The number of rotatable bonds is 44. The van der Waals surface area contributed by atoms with Crippen LogP contribution in [-0.2, 0) is 9.53 Å². The van der Waals surface area contributed by atoms with Crippen LogP contribution in [0.5, 0.6) is 0 Å². The molecule has 0 aliphatic carbocycles. The molecule has 50 heavy (non-hydrogen) atoms. The van der Waals surface area contributed by atoms with Crippen molar-refractivity contribution in [2.45, 2.75) is 290 Å². The van der Waals surface area contributed by atoms with Crippen LogP contribution in [0.3, 0.4) is 0 Å². The molecule has 0 saturated heterocycles. The first-order valence-corrected chi connectivity index (χ1v) is 23.9. The molecule has 0 aromatic rings. The third kappa shape index (κ3) is 40.2. The van der Waals surface area contributed by atoms with Gasteiger partial charge >= 0.3 is 5.97 Å². The second-order valence-corrected chi connectivity index (χ2v) is 16.5. The number of hydrogen-bond acceptors (Lipinski definition) is 2. The van der Waals surface area contributed by atoms with Crippen LogP contribution in [0.25, 0.3) is 0 Å². The third-order valence-corrected chi connectivity index (χ3v) is 11.4. The van der Waals surface area contributed by atoms with Gasteiger partial charge in [-0.1, -0.05) is 271 Å². The van der Waals surface area contributed by atoms with Gasteiger partial charge in [-0.2, -0.15) is 0 Å². The van der Waals surface area contributed by atoms with Gasteiger partial charge in [-0.3, -0.25) is 4.79 Å². The minimum absolute atomic E-state index is 0.120. The number of carbonyl (C=O) groups is 1. The molecular formula is C48H96O2. The summed E-state index contributed by atoms with van der Waals surface area (Å²) in [6.07, 6.45) is 57.2. The van der Waals surface area contributed by atoms with E-state index in [0.29, 0.717) is 6.61 Å². The lowest BCUT2D eigenvalue weighted by Gasteiger charge is -2.16. The highest BCUT2D eigenvalue weighted by Crippen LogP contribution is 2.22. The quantitative estimate of drug-likeness (QED) is 0.0466. The minimum atomic E-state index is 0.120. The normalized spacial score (nSPS) is 12.1. The molecule has 300 valence electrons. The zero-order valence-electron chi connectivity index (χ0n) is 35.3. The molecule has 0 amide bonds. The summed E-state index contributed by atoms with van der Waals surface area (Å²) in [7, 11) is 0. The molecule has 1 atom stereocenters. The highest BCUT2D eigenvalue weighted by atomic mass is 16.5. The van der Waals surface area contributed by atoms with Crippen LogP contribution in [0.15, 0.2) is 0 Å². The van der Waals surface area contributed by atoms with Crippen molar-refractivity contribution >= 4 is 5.97 Å². The first-order chi connectivity index (χ1) is 24.8. The van der Waals surface area contributed by atoms with Gasteiger partial charge in [0.1, 0.15) is 0 Å². The number of ether oxygens (including phenoxy) is 1. The summed E-state index contributed by atoms with van der Waals surface area (Å²) in [6.45, 7) is 7.53. The molecule has 0 aliphatic rings. The van der Waals surface area contributed by atoms with E-state index in [4.69, 9.17) is 4.74 Å². The van der Waals surface area contributed by atoms with Gasteiger partial charge in [0.05, 0.1) is 12.5 Å². The Morgan fingerprint density at radius 3 is 0.740 bits per heavy atom. The minimum Gasteiger partial charge on any atom is -0.465 e. The van der Waals surface area contributed by atoms with Crippen LogP contribution in [0, 0.1) is 5.92 Å². The Morgan fingerprint density at radius 1 is 0.300 bits per heavy atom. The first-order valence-electron chi connectivity index (χ1n) is 23.9. The molecule has 1 unspecified atom stereocenters. The maximum absolute atomic E-state index is 13.1. The highest BCUT2D eigenvalue weighted by molar-refractivity contribution is 5.72. The summed E-state index contributed by atoms with van der Waals surface area (Å²) in [5, 5.41) is 0. The maximum atomic E-state index is 13.1. The van der Waals surface area contributed by atoms with Crippen molar-refractivity contribution in [3.63, 3.8) is 0 Å². The van der Waals surface area contributed by atoms with Crippen molar-refractivity contribution in [3.05, 3.63) is 0 Å². The average molecular weight is 705 g/mol. The Bertz CT molecular complexity index is 615. The standard InChI is InChI=1S/C48H96O2/c1-4-7-10-13-16-19-21-23-25-26-27-28-30-32-34-36-39-42-45-47(48(49)50-46-43-40-37-18-15-12-9-6-3)44-41-38-35-33-31-29-24-22-20-17-14-11-8-5-2/h47H,4-46H2,1-3H3. The predicted octanol–water partition coefficient (Wildman–Crippen LogP) is 17.6. The lowest BCUT2D eigenvalue weighted by Crippen LogP contribution is -2.18. The second-order valence-electron chi connectivity index (χ2n) is 16.5. The fourth-order valence-electron chi connectivity index (χ4n) is 7.78. The van der Waals surface area contributed by atoms with E-state index in [-0.39, 0.29) is 11.9 Å². The fraction of sp³-hybridized carbons (Fsp3) is 0.979. The van der Waals surface area contributed by atoms with Crippen molar-refractivity contribution in [1.82, 2.24) is 0 Å². The summed E-state index contributed by atoms with van der Waals surface area (Å²) in [6, 6.07) is 0. The monoisotopic (exact) mass is 705 g/mol. The topological polar surface area (TPSA) is 26.3 Å². The summed E-state index contributed by atoms with van der Waals surface area (Å²) in [5.74, 6) is 0.261. The van der Waals surface area contributed by atoms with Crippen molar-refractivity contribution in [2.75, 3.05) is 6.61 Å². The van der Waals surface area contributed by atoms with Crippen molar-refractivity contribution in [3.8, 4) is 0 Å². The summed E-state index contributed by atoms with van der Waals surface area (Å²) in [4.78, 5) is 13.1. The molecule has 0 radical (unpaired) electrons. The predicted molar refractivity (Wildman–Crippen MR) is 225 cm³/mol. The molecule has 0 heterocycles. The number of esters is 1. The SMILES string of the molecule is CCCCCCCCCCCCCCCCCCCCC(CCCCCCCCCCCCCCCC)C(=O)OCCCCCCCCCC. The molecular weight excluding hydrogens is 609 g/mol. The van der Waals surface area contributed by atoms with Crippen LogP contribution in [-0.4, -0.2) is 12.6 Å². The highest BCUT2D eigenvalue weighted by Gasteiger charge is 2.19. The van der Waals surface area contributed by atoms with Gasteiger partial charge in [0.15, 0.2) is 0 Å².